The van der Waals surface area contributed by atoms with Crippen molar-refractivity contribution in [1.29, 1.82) is 0 Å². The van der Waals surface area contributed by atoms with E-state index in [1.165, 1.54) is 51.8 Å². The molecule has 4 aromatic rings. The number of para-hydroxylation sites is 1. The summed E-state index contributed by atoms with van der Waals surface area (Å²) >= 11 is 0. The van der Waals surface area contributed by atoms with Crippen molar-refractivity contribution in [2.45, 2.75) is 83.2 Å². The third-order valence-corrected chi connectivity index (χ3v) is 11.1. The van der Waals surface area contributed by atoms with Crippen molar-refractivity contribution in [3.63, 3.8) is 0 Å². The lowest BCUT2D eigenvalue weighted by Gasteiger charge is -2.46. The molecule has 3 aliphatic heterocycles. The molecule has 242 valence electrons. The molecule has 4 heterocycles. The molecule has 1 saturated heterocycles. The zero-order valence-corrected chi connectivity index (χ0v) is 27.9. The average Bonchev–Trinajstić information content (AvgIpc) is 3.64. The van der Waals surface area contributed by atoms with Gasteiger partial charge in [0.15, 0.2) is 0 Å². The summed E-state index contributed by atoms with van der Waals surface area (Å²) < 4.78 is 5.45. The monoisotopic (exact) mass is 618 g/mol. The zero-order chi connectivity index (χ0) is 31.6. The number of carbonyl (C=O) groups is 1. The molecule has 4 atom stereocenters. The number of H-pyrrole nitrogens is 1. The van der Waals surface area contributed by atoms with Crippen LogP contribution in [0.25, 0.3) is 10.9 Å². The smallest absolute Gasteiger partial charge is 0.409 e. The van der Waals surface area contributed by atoms with E-state index in [9.17, 15) is 4.79 Å². The number of aromatic amines is 1. The van der Waals surface area contributed by atoms with Crippen LogP contribution in [0.1, 0.15) is 86.2 Å². The number of nitrogens with zero attached hydrogens (tertiary/aromatic N) is 3. The molecular weight excluding hydrogens is 568 g/mol. The highest BCUT2D eigenvalue weighted by molar-refractivity contribution is 5.85. The molecule has 0 spiro atoms. The number of nitrogens with one attached hydrogen (secondary N) is 1. The lowest BCUT2D eigenvalue weighted by Crippen LogP contribution is -2.56. The van der Waals surface area contributed by atoms with Crippen LogP contribution < -0.4 is 4.90 Å². The van der Waals surface area contributed by atoms with Gasteiger partial charge in [-0.25, -0.2) is 4.79 Å². The van der Waals surface area contributed by atoms with Crippen molar-refractivity contribution in [3.8, 4) is 0 Å². The van der Waals surface area contributed by atoms with E-state index in [1.807, 2.05) is 11.8 Å². The standard InChI is InChI=1S/C40H50N4O2/c1-4-42-25-23-33-34-27-29(19-21-36(34)44(5-2)39(33)37(42)20-18-28-13-8-7-9-14-28)30-16-12-24-43(40(45)46-6-3)26-22-32-31-15-10-11-17-35(31)41-38(30)32/h7-11,13-15,17,19,21,27,30,33,37,39,41H,4-6,12,16,18,20,22-26H2,1-3H3. The first-order valence-corrected chi connectivity index (χ1v) is 17.8. The Morgan fingerprint density at radius 2 is 1.74 bits per heavy atom. The molecule has 0 radical (unpaired) electrons. The molecule has 3 aromatic carbocycles. The van der Waals surface area contributed by atoms with Gasteiger partial charge in [-0.05, 0) is 99.8 Å². The highest BCUT2D eigenvalue weighted by atomic mass is 16.6. The Morgan fingerprint density at radius 1 is 0.913 bits per heavy atom. The Morgan fingerprint density at radius 3 is 2.54 bits per heavy atom. The summed E-state index contributed by atoms with van der Waals surface area (Å²) in [6.45, 7) is 11.7. The quantitative estimate of drug-likeness (QED) is 0.227. The first-order valence-electron chi connectivity index (χ1n) is 17.8. The largest absolute Gasteiger partial charge is 0.450 e. The molecule has 7 rings (SSSR count). The summed E-state index contributed by atoms with van der Waals surface area (Å²) in [5.74, 6) is 0.810. The number of carbonyl (C=O) groups excluding carboxylic acids is 1. The molecule has 4 unspecified atom stereocenters. The van der Waals surface area contributed by atoms with Crippen LogP contribution in [0.5, 0.6) is 0 Å². The number of fused-ring (bicyclic) bond motifs is 6. The van der Waals surface area contributed by atoms with Gasteiger partial charge in [0.1, 0.15) is 0 Å². The third kappa shape index (κ3) is 5.70. The van der Waals surface area contributed by atoms with Gasteiger partial charge in [0, 0.05) is 59.8 Å². The van der Waals surface area contributed by atoms with E-state index in [1.54, 1.807) is 5.56 Å². The van der Waals surface area contributed by atoms with Crippen LogP contribution in [-0.2, 0) is 17.6 Å². The maximum Gasteiger partial charge on any atom is 0.409 e. The van der Waals surface area contributed by atoms with E-state index in [4.69, 9.17) is 4.74 Å². The molecule has 1 fully saturated rings. The van der Waals surface area contributed by atoms with Crippen molar-refractivity contribution in [3.05, 3.63) is 101 Å². The topological polar surface area (TPSA) is 51.8 Å². The van der Waals surface area contributed by atoms with Crippen LogP contribution in [0.4, 0.5) is 10.5 Å². The predicted octanol–water partition coefficient (Wildman–Crippen LogP) is 8.11. The first-order chi connectivity index (χ1) is 22.6. The summed E-state index contributed by atoms with van der Waals surface area (Å²) in [5, 5.41) is 1.28. The number of ether oxygens (including phenoxy) is 1. The maximum absolute atomic E-state index is 12.8. The lowest BCUT2D eigenvalue weighted by atomic mass is 9.79. The fourth-order valence-electron chi connectivity index (χ4n) is 8.99. The third-order valence-electron chi connectivity index (χ3n) is 11.1. The van der Waals surface area contributed by atoms with Crippen LogP contribution >= 0.6 is 0 Å². The number of piperidine rings is 1. The van der Waals surface area contributed by atoms with E-state index in [-0.39, 0.29) is 12.0 Å². The molecule has 1 amide bonds. The van der Waals surface area contributed by atoms with Gasteiger partial charge in [0.05, 0.1) is 12.6 Å². The molecular formula is C40H50N4O2. The van der Waals surface area contributed by atoms with Crippen molar-refractivity contribution in [2.24, 2.45) is 0 Å². The number of hydrogen-bond acceptors (Lipinski definition) is 4. The minimum Gasteiger partial charge on any atom is -0.450 e. The molecule has 6 nitrogen and oxygen atoms in total. The highest BCUT2D eigenvalue weighted by Gasteiger charge is 2.46. The summed E-state index contributed by atoms with van der Waals surface area (Å²) in [4.78, 5) is 24.1. The number of amides is 1. The van der Waals surface area contributed by atoms with E-state index in [2.05, 4.69) is 101 Å². The van der Waals surface area contributed by atoms with E-state index in [0.29, 0.717) is 31.2 Å². The SMILES string of the molecule is CCOC(=O)N1CCCC(c2ccc3c(c2)C2CCN(CC)C(CCc4ccccc4)C2N3CC)c2[nH]c3ccccc3c2CC1. The fourth-order valence-corrected chi connectivity index (χ4v) is 8.99. The van der Waals surface area contributed by atoms with Gasteiger partial charge in [-0.1, -0.05) is 67.6 Å². The minimum absolute atomic E-state index is 0.189. The molecule has 0 aliphatic carbocycles. The Labute approximate surface area is 274 Å². The Kier molecular flexibility index (Phi) is 9.08. The van der Waals surface area contributed by atoms with E-state index < -0.39 is 0 Å². The number of hydrogen-bond donors (Lipinski definition) is 1. The molecule has 3 aliphatic rings. The minimum atomic E-state index is -0.189. The zero-order valence-electron chi connectivity index (χ0n) is 27.9. The van der Waals surface area contributed by atoms with Gasteiger partial charge in [-0.2, -0.15) is 0 Å². The summed E-state index contributed by atoms with van der Waals surface area (Å²) in [6, 6.07) is 28.2. The van der Waals surface area contributed by atoms with Gasteiger partial charge in [-0.3, -0.25) is 4.90 Å². The van der Waals surface area contributed by atoms with Gasteiger partial charge >= 0.3 is 6.09 Å². The number of aryl methyl sites for hydroxylation is 1. The Bertz CT molecular complexity index is 1650. The molecule has 1 aromatic heterocycles. The van der Waals surface area contributed by atoms with E-state index >= 15 is 0 Å². The van der Waals surface area contributed by atoms with Crippen LogP contribution in [0, 0.1) is 0 Å². The molecule has 6 heteroatoms. The van der Waals surface area contributed by atoms with Gasteiger partial charge < -0.3 is 19.5 Å². The summed E-state index contributed by atoms with van der Waals surface area (Å²) in [5.41, 5.74) is 9.71. The van der Waals surface area contributed by atoms with Crippen LogP contribution in [0.2, 0.25) is 0 Å². The second-order valence-corrected chi connectivity index (χ2v) is 13.4. The molecule has 1 N–H and O–H groups in total. The van der Waals surface area contributed by atoms with Crippen molar-refractivity contribution >= 4 is 22.7 Å². The Balaban J connectivity index is 1.23. The van der Waals surface area contributed by atoms with Crippen molar-refractivity contribution in [1.82, 2.24) is 14.8 Å². The van der Waals surface area contributed by atoms with Crippen molar-refractivity contribution < 1.29 is 9.53 Å². The van der Waals surface area contributed by atoms with Crippen LogP contribution in [0.15, 0.2) is 72.8 Å². The van der Waals surface area contributed by atoms with Crippen LogP contribution in [0.3, 0.4) is 0 Å². The number of likely N-dealkylation sites (N-methyl/N-ethyl adjacent to an activating group) is 2. The van der Waals surface area contributed by atoms with Crippen LogP contribution in [-0.4, -0.2) is 72.3 Å². The average molecular weight is 619 g/mol. The molecule has 0 saturated carbocycles. The first kappa shape index (κ1) is 30.9. The normalized spacial score (nSPS) is 23.3. The Hall–Kier alpha value is -3.77. The summed E-state index contributed by atoms with van der Waals surface area (Å²) in [7, 11) is 0. The molecule has 0 bridgehead atoms. The van der Waals surface area contributed by atoms with Gasteiger partial charge in [0.2, 0.25) is 0 Å². The van der Waals surface area contributed by atoms with Gasteiger partial charge in [-0.15, -0.1) is 0 Å². The van der Waals surface area contributed by atoms with Crippen molar-refractivity contribution in [2.75, 3.05) is 44.2 Å². The second-order valence-electron chi connectivity index (χ2n) is 13.4. The second kappa shape index (κ2) is 13.5. The summed E-state index contributed by atoms with van der Waals surface area (Å²) in [6.07, 6.45) is 6.09. The van der Waals surface area contributed by atoms with E-state index in [0.717, 1.165) is 51.9 Å². The highest BCUT2D eigenvalue weighted by Crippen LogP contribution is 2.49. The number of benzene rings is 3. The maximum atomic E-state index is 12.8. The van der Waals surface area contributed by atoms with Gasteiger partial charge in [0.25, 0.3) is 0 Å². The molecule has 46 heavy (non-hydrogen) atoms. The fraction of sp³-hybridized carbons (Fsp3) is 0.475. The number of aromatic nitrogens is 1. The number of likely N-dealkylation sites (tertiary alicyclic amines) is 1. The number of anilines is 1. The lowest BCUT2D eigenvalue weighted by molar-refractivity contribution is 0.107. The number of rotatable bonds is 7. The predicted molar refractivity (Wildman–Crippen MR) is 188 cm³/mol.